The average molecular weight is 359 g/mol. The van der Waals surface area contributed by atoms with Gasteiger partial charge in [0.2, 0.25) is 15.7 Å². The standard InChI is InChI=1S/C14H15F2N3O4S/c1-9(12-6-7-23-19-12)17-8-13(20)18-10-2-4-11(5-3-10)24(21,22)14(15)16/h2-7,9,14,17H,8H2,1H3,(H,18,20). The van der Waals surface area contributed by atoms with Crippen LogP contribution < -0.4 is 10.6 Å². The maximum Gasteiger partial charge on any atom is 0.341 e. The van der Waals surface area contributed by atoms with Gasteiger partial charge in [0.15, 0.2) is 0 Å². The van der Waals surface area contributed by atoms with Crippen LogP contribution in [0.5, 0.6) is 0 Å². The molecule has 0 saturated heterocycles. The summed E-state index contributed by atoms with van der Waals surface area (Å²) in [6, 6.07) is 5.98. The fourth-order valence-corrected chi connectivity index (χ4v) is 2.55. The van der Waals surface area contributed by atoms with Gasteiger partial charge in [-0.2, -0.15) is 8.78 Å². The largest absolute Gasteiger partial charge is 0.364 e. The molecule has 0 aliphatic rings. The van der Waals surface area contributed by atoms with Gasteiger partial charge < -0.3 is 15.2 Å². The first-order chi connectivity index (χ1) is 11.3. The minimum atomic E-state index is -4.64. The van der Waals surface area contributed by atoms with Crippen LogP contribution in [0.1, 0.15) is 18.7 Å². The van der Waals surface area contributed by atoms with Crippen LogP contribution in [0.2, 0.25) is 0 Å². The number of alkyl halides is 2. The summed E-state index contributed by atoms with van der Waals surface area (Å²) in [5, 5.41) is 9.19. The molecule has 130 valence electrons. The zero-order valence-electron chi connectivity index (χ0n) is 12.6. The molecule has 1 aromatic carbocycles. The molecule has 1 aromatic heterocycles. The number of aromatic nitrogens is 1. The first-order valence-electron chi connectivity index (χ1n) is 6.86. The third-order valence-electron chi connectivity index (χ3n) is 3.17. The third-order valence-corrected chi connectivity index (χ3v) is 4.57. The Morgan fingerprint density at radius 3 is 2.46 bits per heavy atom. The molecule has 2 rings (SSSR count). The summed E-state index contributed by atoms with van der Waals surface area (Å²) >= 11 is 0. The van der Waals surface area contributed by atoms with E-state index in [9.17, 15) is 22.0 Å². The molecule has 1 heterocycles. The number of amides is 1. The SMILES string of the molecule is CC(NCC(=O)Nc1ccc(S(=O)(=O)C(F)F)cc1)c1ccon1. The maximum absolute atomic E-state index is 12.4. The van der Waals surface area contributed by atoms with E-state index in [-0.39, 0.29) is 18.5 Å². The lowest BCUT2D eigenvalue weighted by atomic mass is 10.2. The number of carbonyl (C=O) groups is 1. The predicted molar refractivity (Wildman–Crippen MR) is 81.2 cm³/mol. The highest BCUT2D eigenvalue weighted by Gasteiger charge is 2.26. The fourth-order valence-electron chi connectivity index (χ4n) is 1.83. The highest BCUT2D eigenvalue weighted by molar-refractivity contribution is 7.91. The van der Waals surface area contributed by atoms with Crippen molar-refractivity contribution in [1.29, 1.82) is 0 Å². The van der Waals surface area contributed by atoms with Crippen LogP contribution >= 0.6 is 0 Å². The van der Waals surface area contributed by atoms with Gasteiger partial charge in [-0.25, -0.2) is 8.42 Å². The molecule has 0 fully saturated rings. The summed E-state index contributed by atoms with van der Waals surface area (Å²) in [5.74, 6) is -3.87. The average Bonchev–Trinajstić information content (AvgIpc) is 3.07. The summed E-state index contributed by atoms with van der Waals surface area (Å²) in [4.78, 5) is 11.3. The van der Waals surface area contributed by atoms with Gasteiger partial charge in [0, 0.05) is 11.8 Å². The van der Waals surface area contributed by atoms with Crippen molar-refractivity contribution in [3.63, 3.8) is 0 Å². The summed E-state index contributed by atoms with van der Waals surface area (Å²) in [7, 11) is -4.64. The molecule has 10 heteroatoms. The Kier molecular flexibility index (Phi) is 5.62. The molecule has 2 N–H and O–H groups in total. The molecule has 1 amide bonds. The molecular formula is C14H15F2N3O4S. The van der Waals surface area contributed by atoms with Gasteiger partial charge in [0.1, 0.15) is 12.0 Å². The lowest BCUT2D eigenvalue weighted by Crippen LogP contribution is -2.30. The second-order valence-electron chi connectivity index (χ2n) is 4.91. The van der Waals surface area contributed by atoms with E-state index in [0.717, 1.165) is 12.1 Å². The van der Waals surface area contributed by atoms with Crippen LogP contribution in [-0.2, 0) is 14.6 Å². The van der Waals surface area contributed by atoms with Crippen molar-refractivity contribution in [2.24, 2.45) is 0 Å². The molecule has 0 spiro atoms. The molecule has 7 nitrogen and oxygen atoms in total. The number of anilines is 1. The Labute approximate surface area is 136 Å². The van der Waals surface area contributed by atoms with E-state index in [4.69, 9.17) is 4.52 Å². The Morgan fingerprint density at radius 1 is 1.25 bits per heavy atom. The number of hydrogen-bond donors (Lipinski definition) is 2. The number of benzene rings is 1. The minimum Gasteiger partial charge on any atom is -0.364 e. The molecular weight excluding hydrogens is 344 g/mol. The van der Waals surface area contributed by atoms with Crippen LogP contribution in [0.4, 0.5) is 14.5 Å². The van der Waals surface area contributed by atoms with Gasteiger partial charge in [-0.05, 0) is 31.2 Å². The molecule has 0 bridgehead atoms. The number of halogens is 2. The molecule has 0 aliphatic heterocycles. The number of nitrogens with zero attached hydrogens (tertiary/aromatic N) is 1. The number of rotatable bonds is 7. The van der Waals surface area contributed by atoms with Gasteiger partial charge in [0.05, 0.1) is 17.5 Å². The number of carbonyl (C=O) groups excluding carboxylic acids is 1. The highest BCUT2D eigenvalue weighted by atomic mass is 32.2. The van der Waals surface area contributed by atoms with Crippen LogP contribution in [0.3, 0.4) is 0 Å². The summed E-state index contributed by atoms with van der Waals surface area (Å²) in [6.45, 7) is 1.78. The number of sulfone groups is 1. The van der Waals surface area contributed by atoms with E-state index in [1.54, 1.807) is 13.0 Å². The molecule has 0 radical (unpaired) electrons. The molecule has 2 aromatic rings. The van der Waals surface area contributed by atoms with Gasteiger partial charge in [-0.1, -0.05) is 5.16 Å². The lowest BCUT2D eigenvalue weighted by molar-refractivity contribution is -0.115. The van der Waals surface area contributed by atoms with Crippen molar-refractivity contribution < 1.29 is 26.5 Å². The Balaban J connectivity index is 1.90. The summed E-state index contributed by atoms with van der Waals surface area (Å²) in [5.41, 5.74) is 0.938. The molecule has 1 atom stereocenters. The minimum absolute atomic E-state index is 0.0227. The second kappa shape index (κ2) is 7.49. The Bertz CT molecular complexity index is 777. The van der Waals surface area contributed by atoms with Gasteiger partial charge in [-0.15, -0.1) is 0 Å². The zero-order valence-corrected chi connectivity index (χ0v) is 13.4. The smallest absolute Gasteiger partial charge is 0.341 e. The van der Waals surface area contributed by atoms with E-state index < -0.39 is 20.5 Å². The lowest BCUT2D eigenvalue weighted by Gasteiger charge is -2.11. The fraction of sp³-hybridized carbons (Fsp3) is 0.286. The van der Waals surface area contributed by atoms with Crippen LogP contribution in [0.15, 0.2) is 46.0 Å². The normalized spacial score (nSPS) is 13.0. The quantitative estimate of drug-likeness (QED) is 0.784. The van der Waals surface area contributed by atoms with Crippen molar-refractivity contribution in [2.45, 2.75) is 23.6 Å². The highest BCUT2D eigenvalue weighted by Crippen LogP contribution is 2.20. The summed E-state index contributed by atoms with van der Waals surface area (Å²) in [6.07, 6.45) is 1.42. The van der Waals surface area contributed by atoms with Gasteiger partial charge in [-0.3, -0.25) is 4.79 Å². The van der Waals surface area contributed by atoms with Crippen LogP contribution in [0.25, 0.3) is 0 Å². The van der Waals surface area contributed by atoms with Crippen molar-refractivity contribution in [1.82, 2.24) is 10.5 Å². The van der Waals surface area contributed by atoms with Crippen molar-refractivity contribution >= 4 is 21.4 Å². The summed E-state index contributed by atoms with van der Waals surface area (Å²) < 4.78 is 52.1. The van der Waals surface area contributed by atoms with Gasteiger partial charge in [0.25, 0.3) is 0 Å². The second-order valence-corrected chi connectivity index (χ2v) is 6.82. The predicted octanol–water partition coefficient (Wildman–Crippen LogP) is 1.96. The van der Waals surface area contributed by atoms with E-state index in [2.05, 4.69) is 15.8 Å². The van der Waals surface area contributed by atoms with Crippen molar-refractivity contribution in [3.05, 3.63) is 42.3 Å². The number of nitrogens with one attached hydrogen (secondary N) is 2. The van der Waals surface area contributed by atoms with Crippen molar-refractivity contribution in [2.75, 3.05) is 11.9 Å². The van der Waals surface area contributed by atoms with Crippen LogP contribution in [0, 0.1) is 0 Å². The van der Waals surface area contributed by atoms with E-state index in [1.807, 2.05) is 0 Å². The third kappa shape index (κ3) is 4.36. The Morgan fingerprint density at radius 2 is 1.92 bits per heavy atom. The monoisotopic (exact) mass is 359 g/mol. The van der Waals surface area contributed by atoms with E-state index in [0.29, 0.717) is 11.4 Å². The van der Waals surface area contributed by atoms with Crippen LogP contribution in [-0.4, -0.2) is 31.8 Å². The maximum atomic E-state index is 12.4. The molecule has 1 unspecified atom stereocenters. The van der Waals surface area contributed by atoms with Crippen molar-refractivity contribution in [3.8, 4) is 0 Å². The first-order valence-corrected chi connectivity index (χ1v) is 8.41. The molecule has 0 saturated carbocycles. The van der Waals surface area contributed by atoms with Gasteiger partial charge >= 0.3 is 5.76 Å². The van der Waals surface area contributed by atoms with E-state index in [1.165, 1.54) is 18.4 Å². The Hall–Kier alpha value is -2.33. The number of hydrogen-bond acceptors (Lipinski definition) is 6. The molecule has 0 aliphatic carbocycles. The zero-order chi connectivity index (χ0) is 17.7. The van der Waals surface area contributed by atoms with E-state index >= 15 is 0 Å². The topological polar surface area (TPSA) is 101 Å². The first kappa shape index (κ1) is 18.0. The molecule has 24 heavy (non-hydrogen) atoms.